The van der Waals surface area contributed by atoms with E-state index in [2.05, 4.69) is 10.6 Å². The SMILES string of the molecule is O=C1NC(=O)C(c2ccccc2)(c2cccc(-c3ccccc3)c2)N1. The number of amides is 3. The van der Waals surface area contributed by atoms with Gasteiger partial charge in [0, 0.05) is 0 Å². The molecule has 3 amide bonds. The molecule has 4 nitrogen and oxygen atoms in total. The van der Waals surface area contributed by atoms with Crippen molar-refractivity contribution in [2.75, 3.05) is 0 Å². The van der Waals surface area contributed by atoms with Crippen molar-refractivity contribution < 1.29 is 9.59 Å². The Hall–Kier alpha value is -3.40. The molecule has 1 aliphatic heterocycles. The first kappa shape index (κ1) is 15.1. The molecule has 3 aromatic rings. The first-order valence-electron chi connectivity index (χ1n) is 8.05. The molecule has 2 N–H and O–H groups in total. The summed E-state index contributed by atoms with van der Waals surface area (Å²) >= 11 is 0. The van der Waals surface area contributed by atoms with Gasteiger partial charge in [0.2, 0.25) is 0 Å². The van der Waals surface area contributed by atoms with E-state index in [0.29, 0.717) is 0 Å². The zero-order chi connectivity index (χ0) is 17.3. The van der Waals surface area contributed by atoms with Crippen LogP contribution in [0.25, 0.3) is 11.1 Å². The highest BCUT2D eigenvalue weighted by molar-refractivity contribution is 6.09. The largest absolute Gasteiger partial charge is 0.322 e. The third-order valence-electron chi connectivity index (χ3n) is 4.48. The fraction of sp³-hybridized carbons (Fsp3) is 0.0476. The number of hydrogen-bond acceptors (Lipinski definition) is 2. The number of carbonyl (C=O) groups excluding carboxylic acids is 2. The normalized spacial score (nSPS) is 19.4. The molecule has 0 radical (unpaired) electrons. The summed E-state index contributed by atoms with van der Waals surface area (Å²) in [4.78, 5) is 24.7. The van der Waals surface area contributed by atoms with E-state index in [0.717, 1.165) is 22.3 Å². The maximum Gasteiger partial charge on any atom is 0.322 e. The first-order valence-corrected chi connectivity index (χ1v) is 8.05. The highest BCUT2D eigenvalue weighted by atomic mass is 16.2. The van der Waals surface area contributed by atoms with Crippen LogP contribution in [0.15, 0.2) is 84.9 Å². The lowest BCUT2D eigenvalue weighted by Gasteiger charge is -2.27. The van der Waals surface area contributed by atoms with Crippen LogP contribution in [0.5, 0.6) is 0 Å². The van der Waals surface area contributed by atoms with Crippen molar-refractivity contribution in [2.45, 2.75) is 5.54 Å². The van der Waals surface area contributed by atoms with E-state index in [1.807, 2.05) is 84.9 Å². The molecule has 3 aromatic carbocycles. The summed E-state index contributed by atoms with van der Waals surface area (Å²) in [7, 11) is 0. The van der Waals surface area contributed by atoms with Crippen LogP contribution >= 0.6 is 0 Å². The van der Waals surface area contributed by atoms with Crippen LogP contribution in [0.2, 0.25) is 0 Å². The second kappa shape index (κ2) is 5.91. The molecular formula is C21H16N2O2. The van der Waals surface area contributed by atoms with Crippen LogP contribution in [0, 0.1) is 0 Å². The van der Waals surface area contributed by atoms with Crippen LogP contribution in [0.4, 0.5) is 4.79 Å². The molecule has 1 fully saturated rings. The number of carbonyl (C=O) groups is 2. The van der Waals surface area contributed by atoms with E-state index in [1.165, 1.54) is 0 Å². The molecule has 4 heteroatoms. The lowest BCUT2D eigenvalue weighted by molar-refractivity contribution is -0.122. The van der Waals surface area contributed by atoms with Crippen molar-refractivity contribution >= 4 is 11.9 Å². The van der Waals surface area contributed by atoms with Crippen molar-refractivity contribution in [1.29, 1.82) is 0 Å². The summed E-state index contributed by atoms with van der Waals surface area (Å²) in [6.45, 7) is 0. The lowest BCUT2D eigenvalue weighted by atomic mass is 9.82. The van der Waals surface area contributed by atoms with E-state index in [9.17, 15) is 9.59 Å². The van der Waals surface area contributed by atoms with Gasteiger partial charge in [-0.25, -0.2) is 4.79 Å². The Labute approximate surface area is 145 Å². The predicted molar refractivity (Wildman–Crippen MR) is 95.8 cm³/mol. The maximum atomic E-state index is 12.8. The summed E-state index contributed by atoms with van der Waals surface area (Å²) in [6, 6.07) is 26.5. The third kappa shape index (κ3) is 2.48. The average Bonchev–Trinajstić information content (AvgIpc) is 2.98. The van der Waals surface area contributed by atoms with Gasteiger partial charge in [-0.15, -0.1) is 0 Å². The Morgan fingerprint density at radius 2 is 1.24 bits per heavy atom. The van der Waals surface area contributed by atoms with Gasteiger partial charge in [0.1, 0.15) is 0 Å². The minimum atomic E-state index is -1.22. The van der Waals surface area contributed by atoms with Crippen molar-refractivity contribution in [3.8, 4) is 11.1 Å². The van der Waals surface area contributed by atoms with Gasteiger partial charge in [-0.2, -0.15) is 0 Å². The number of benzene rings is 3. The molecule has 4 rings (SSSR count). The highest BCUT2D eigenvalue weighted by Gasteiger charge is 2.49. The quantitative estimate of drug-likeness (QED) is 0.724. The van der Waals surface area contributed by atoms with Crippen molar-refractivity contribution in [3.63, 3.8) is 0 Å². The number of imide groups is 1. The zero-order valence-corrected chi connectivity index (χ0v) is 13.4. The van der Waals surface area contributed by atoms with Gasteiger partial charge >= 0.3 is 6.03 Å². The van der Waals surface area contributed by atoms with Gasteiger partial charge in [-0.1, -0.05) is 78.9 Å². The number of hydrogen-bond donors (Lipinski definition) is 2. The van der Waals surface area contributed by atoms with E-state index < -0.39 is 11.6 Å². The van der Waals surface area contributed by atoms with Gasteiger partial charge < -0.3 is 5.32 Å². The molecule has 0 saturated carbocycles. The molecule has 122 valence electrons. The molecule has 1 unspecified atom stereocenters. The zero-order valence-electron chi connectivity index (χ0n) is 13.4. The first-order chi connectivity index (χ1) is 12.2. The van der Waals surface area contributed by atoms with Gasteiger partial charge in [-0.3, -0.25) is 10.1 Å². The fourth-order valence-electron chi connectivity index (χ4n) is 3.28. The number of urea groups is 1. The summed E-state index contributed by atoms with van der Waals surface area (Å²) < 4.78 is 0. The van der Waals surface area contributed by atoms with Crippen LogP contribution in [0.3, 0.4) is 0 Å². The lowest BCUT2D eigenvalue weighted by Crippen LogP contribution is -2.44. The summed E-state index contributed by atoms with van der Waals surface area (Å²) in [5.41, 5.74) is 2.27. The minimum absolute atomic E-state index is 0.367. The van der Waals surface area contributed by atoms with E-state index in [-0.39, 0.29) is 5.91 Å². The molecule has 0 bridgehead atoms. The summed E-state index contributed by atoms with van der Waals surface area (Å²) in [5.74, 6) is -0.367. The molecule has 1 heterocycles. The summed E-state index contributed by atoms with van der Waals surface area (Å²) in [6.07, 6.45) is 0. The van der Waals surface area contributed by atoms with Crippen LogP contribution < -0.4 is 10.6 Å². The molecule has 1 aliphatic rings. The van der Waals surface area contributed by atoms with Gasteiger partial charge in [-0.05, 0) is 28.3 Å². The Bertz CT molecular complexity index is 938. The van der Waals surface area contributed by atoms with Crippen molar-refractivity contribution in [3.05, 3.63) is 96.1 Å². The van der Waals surface area contributed by atoms with Gasteiger partial charge in [0.25, 0.3) is 5.91 Å². The third-order valence-corrected chi connectivity index (χ3v) is 4.48. The predicted octanol–water partition coefficient (Wildman–Crippen LogP) is 3.44. The summed E-state index contributed by atoms with van der Waals surface area (Å²) in [5, 5.41) is 5.20. The maximum absolute atomic E-state index is 12.8. The van der Waals surface area contributed by atoms with E-state index in [4.69, 9.17) is 0 Å². The molecular weight excluding hydrogens is 312 g/mol. The smallest absolute Gasteiger partial charge is 0.316 e. The molecule has 0 spiro atoms. The fourth-order valence-corrected chi connectivity index (χ4v) is 3.28. The molecule has 1 atom stereocenters. The monoisotopic (exact) mass is 328 g/mol. The van der Waals surface area contributed by atoms with Crippen LogP contribution in [-0.2, 0) is 10.3 Å². The van der Waals surface area contributed by atoms with Crippen LogP contribution in [0.1, 0.15) is 11.1 Å². The molecule has 1 saturated heterocycles. The molecule has 25 heavy (non-hydrogen) atoms. The van der Waals surface area contributed by atoms with Gasteiger partial charge in [0.05, 0.1) is 0 Å². The van der Waals surface area contributed by atoms with Crippen molar-refractivity contribution in [2.24, 2.45) is 0 Å². The minimum Gasteiger partial charge on any atom is -0.316 e. The highest BCUT2D eigenvalue weighted by Crippen LogP contribution is 2.34. The molecule has 0 aromatic heterocycles. The number of nitrogens with one attached hydrogen (secondary N) is 2. The number of rotatable bonds is 3. The van der Waals surface area contributed by atoms with Crippen LogP contribution in [-0.4, -0.2) is 11.9 Å². The second-order valence-corrected chi connectivity index (χ2v) is 5.97. The Morgan fingerprint density at radius 1 is 0.640 bits per heavy atom. The molecule has 0 aliphatic carbocycles. The standard InChI is InChI=1S/C21H16N2O2/c24-19-21(23-20(25)22-19,17-11-5-2-6-12-17)18-13-7-10-16(14-18)15-8-3-1-4-9-15/h1-14H,(H2,22,23,24,25). The van der Waals surface area contributed by atoms with Crippen molar-refractivity contribution in [1.82, 2.24) is 10.6 Å². The Balaban J connectivity index is 1.90. The van der Waals surface area contributed by atoms with E-state index in [1.54, 1.807) is 0 Å². The second-order valence-electron chi connectivity index (χ2n) is 5.97. The Morgan fingerprint density at radius 3 is 1.88 bits per heavy atom. The van der Waals surface area contributed by atoms with Gasteiger partial charge in [0.15, 0.2) is 5.54 Å². The van der Waals surface area contributed by atoms with E-state index >= 15 is 0 Å². The topological polar surface area (TPSA) is 58.2 Å². The Kier molecular flexibility index (Phi) is 3.58. The average molecular weight is 328 g/mol.